The Kier molecular flexibility index (Phi) is 7.77. The van der Waals surface area contributed by atoms with E-state index in [2.05, 4.69) is 10.0 Å². The summed E-state index contributed by atoms with van der Waals surface area (Å²) in [6.45, 7) is 0.405. The first-order chi connectivity index (χ1) is 17.3. The monoisotopic (exact) mass is 522 g/mol. The van der Waals surface area contributed by atoms with Crippen molar-refractivity contribution < 1.29 is 22.7 Å². The fourth-order valence-electron chi connectivity index (χ4n) is 3.32. The van der Waals surface area contributed by atoms with Crippen LogP contribution in [-0.4, -0.2) is 21.4 Å². The van der Waals surface area contributed by atoms with E-state index in [9.17, 15) is 13.2 Å². The maximum atomic E-state index is 13.0. The Morgan fingerprint density at radius 3 is 2.25 bits per heavy atom. The van der Waals surface area contributed by atoms with Crippen LogP contribution in [0.4, 0.5) is 11.4 Å². The molecule has 9 heteroatoms. The number of carbonyl (C=O) groups is 1. The Hall–Kier alpha value is -4.01. The van der Waals surface area contributed by atoms with Crippen LogP contribution in [0.2, 0.25) is 5.02 Å². The van der Waals surface area contributed by atoms with E-state index in [1.54, 1.807) is 48.5 Å². The summed E-state index contributed by atoms with van der Waals surface area (Å²) in [5.41, 5.74) is 1.97. The quantitative estimate of drug-likeness (QED) is 0.282. The Morgan fingerprint density at radius 2 is 1.58 bits per heavy atom. The minimum Gasteiger partial charge on any atom is -0.495 e. The van der Waals surface area contributed by atoms with Gasteiger partial charge in [-0.3, -0.25) is 9.52 Å². The third kappa shape index (κ3) is 6.35. The molecule has 0 bridgehead atoms. The first kappa shape index (κ1) is 25.1. The lowest BCUT2D eigenvalue weighted by molar-refractivity contribution is 0.102. The number of hydrogen-bond donors (Lipinski definition) is 2. The molecular formula is C27H23ClN2O5S. The van der Waals surface area contributed by atoms with E-state index in [1.165, 1.54) is 25.3 Å². The predicted molar refractivity (Wildman–Crippen MR) is 140 cm³/mol. The average molecular weight is 523 g/mol. The summed E-state index contributed by atoms with van der Waals surface area (Å²) in [7, 11) is -2.52. The lowest BCUT2D eigenvalue weighted by Crippen LogP contribution is -2.15. The minimum atomic E-state index is -3.95. The van der Waals surface area contributed by atoms with Gasteiger partial charge in [0.15, 0.2) is 0 Å². The molecular weight excluding hydrogens is 500 g/mol. The van der Waals surface area contributed by atoms with Crippen LogP contribution in [0.1, 0.15) is 15.9 Å². The van der Waals surface area contributed by atoms with Crippen LogP contribution >= 0.6 is 11.6 Å². The number of methoxy groups -OCH3 is 1. The first-order valence-electron chi connectivity index (χ1n) is 10.9. The highest BCUT2D eigenvalue weighted by molar-refractivity contribution is 7.92. The average Bonchev–Trinajstić information content (AvgIpc) is 2.89. The van der Waals surface area contributed by atoms with E-state index in [4.69, 9.17) is 21.1 Å². The molecule has 4 rings (SSSR count). The third-order valence-electron chi connectivity index (χ3n) is 5.19. The van der Waals surface area contributed by atoms with E-state index in [1.807, 2.05) is 30.3 Å². The third-order valence-corrected chi connectivity index (χ3v) is 6.82. The van der Waals surface area contributed by atoms with Gasteiger partial charge in [-0.1, -0.05) is 41.9 Å². The van der Waals surface area contributed by atoms with Gasteiger partial charge >= 0.3 is 0 Å². The summed E-state index contributed by atoms with van der Waals surface area (Å²) in [6.07, 6.45) is 0. The normalized spacial score (nSPS) is 10.9. The van der Waals surface area contributed by atoms with Gasteiger partial charge < -0.3 is 14.8 Å². The van der Waals surface area contributed by atoms with Gasteiger partial charge in [0.2, 0.25) is 0 Å². The second-order valence-electron chi connectivity index (χ2n) is 7.73. The van der Waals surface area contributed by atoms with Crippen LogP contribution in [0.25, 0.3) is 0 Å². The second-order valence-corrected chi connectivity index (χ2v) is 9.85. The number of amides is 1. The van der Waals surface area contributed by atoms with Crippen molar-refractivity contribution in [2.24, 2.45) is 0 Å². The molecule has 0 aromatic heterocycles. The van der Waals surface area contributed by atoms with Gasteiger partial charge in [-0.15, -0.1) is 0 Å². The molecule has 4 aromatic rings. The molecule has 0 spiro atoms. The van der Waals surface area contributed by atoms with Crippen LogP contribution in [0.5, 0.6) is 11.5 Å². The van der Waals surface area contributed by atoms with E-state index in [-0.39, 0.29) is 10.6 Å². The molecule has 0 aliphatic carbocycles. The zero-order valence-electron chi connectivity index (χ0n) is 19.3. The maximum absolute atomic E-state index is 13.0. The molecule has 0 unspecified atom stereocenters. The van der Waals surface area contributed by atoms with Crippen molar-refractivity contribution in [2.75, 3.05) is 17.1 Å². The van der Waals surface area contributed by atoms with Crippen LogP contribution in [0, 0.1) is 0 Å². The molecule has 0 aliphatic heterocycles. The lowest BCUT2D eigenvalue weighted by atomic mass is 10.2. The summed E-state index contributed by atoms with van der Waals surface area (Å²) >= 11 is 5.88. The van der Waals surface area contributed by atoms with Crippen molar-refractivity contribution in [3.63, 3.8) is 0 Å². The van der Waals surface area contributed by atoms with Crippen LogP contribution in [0.15, 0.2) is 102 Å². The van der Waals surface area contributed by atoms with Crippen molar-refractivity contribution in [3.05, 3.63) is 113 Å². The molecule has 1 amide bonds. The number of hydrogen-bond acceptors (Lipinski definition) is 5. The second kappa shape index (κ2) is 11.2. The summed E-state index contributed by atoms with van der Waals surface area (Å²) < 4.78 is 39.6. The fourth-order valence-corrected chi connectivity index (χ4v) is 4.53. The van der Waals surface area contributed by atoms with Crippen molar-refractivity contribution in [1.82, 2.24) is 0 Å². The van der Waals surface area contributed by atoms with E-state index in [0.717, 1.165) is 5.56 Å². The van der Waals surface area contributed by atoms with Gasteiger partial charge in [0.1, 0.15) is 18.1 Å². The lowest BCUT2D eigenvalue weighted by Gasteiger charge is -2.14. The highest BCUT2D eigenvalue weighted by Gasteiger charge is 2.18. The van der Waals surface area contributed by atoms with Gasteiger partial charge in [0.05, 0.1) is 17.7 Å². The number of halogens is 1. The molecule has 0 heterocycles. The molecule has 0 aliphatic rings. The van der Waals surface area contributed by atoms with Crippen molar-refractivity contribution in [3.8, 4) is 11.5 Å². The standard InChI is InChI=1S/C27H23ClN2O5S/c1-34-26-16-15-24(17-25(26)29-27(31)20-7-9-21(28)10-8-20)36(32,33)30-22-11-13-23(14-12-22)35-18-19-5-3-2-4-6-19/h2-17,30H,18H2,1H3,(H,29,31). The molecule has 184 valence electrons. The number of anilines is 2. The van der Waals surface area contributed by atoms with Gasteiger partial charge in [0.25, 0.3) is 15.9 Å². The highest BCUT2D eigenvalue weighted by Crippen LogP contribution is 2.29. The summed E-state index contributed by atoms with van der Waals surface area (Å²) in [5.74, 6) is 0.494. The summed E-state index contributed by atoms with van der Waals surface area (Å²) in [5, 5.41) is 3.19. The largest absolute Gasteiger partial charge is 0.495 e. The molecule has 0 atom stereocenters. The molecule has 0 fully saturated rings. The first-order valence-corrected chi connectivity index (χ1v) is 12.7. The summed E-state index contributed by atoms with van der Waals surface area (Å²) in [4.78, 5) is 12.6. The maximum Gasteiger partial charge on any atom is 0.261 e. The molecule has 2 N–H and O–H groups in total. The molecule has 4 aromatic carbocycles. The van der Waals surface area contributed by atoms with E-state index < -0.39 is 15.9 Å². The number of ether oxygens (including phenoxy) is 2. The Bertz CT molecular complexity index is 1440. The van der Waals surface area contributed by atoms with Crippen LogP contribution in [0.3, 0.4) is 0 Å². The fraction of sp³-hybridized carbons (Fsp3) is 0.0741. The minimum absolute atomic E-state index is 0.0425. The number of nitrogens with one attached hydrogen (secondary N) is 2. The van der Waals surface area contributed by atoms with Crippen LogP contribution < -0.4 is 19.5 Å². The molecule has 36 heavy (non-hydrogen) atoms. The van der Waals surface area contributed by atoms with Crippen LogP contribution in [-0.2, 0) is 16.6 Å². The van der Waals surface area contributed by atoms with Gasteiger partial charge in [-0.05, 0) is 72.3 Å². The van der Waals surface area contributed by atoms with Gasteiger partial charge in [-0.25, -0.2) is 8.42 Å². The predicted octanol–water partition coefficient (Wildman–Crippen LogP) is 5.98. The topological polar surface area (TPSA) is 93.7 Å². The van der Waals surface area contributed by atoms with E-state index >= 15 is 0 Å². The number of sulfonamides is 1. The molecule has 0 radical (unpaired) electrons. The van der Waals surface area contributed by atoms with Crippen molar-refractivity contribution in [1.29, 1.82) is 0 Å². The zero-order valence-corrected chi connectivity index (χ0v) is 20.8. The molecule has 7 nitrogen and oxygen atoms in total. The smallest absolute Gasteiger partial charge is 0.261 e. The van der Waals surface area contributed by atoms with Crippen molar-refractivity contribution >= 4 is 38.9 Å². The number of benzene rings is 4. The van der Waals surface area contributed by atoms with Gasteiger partial charge in [0, 0.05) is 16.3 Å². The Labute approximate surface area is 214 Å². The molecule has 0 saturated heterocycles. The summed E-state index contributed by atoms with van der Waals surface area (Å²) in [6, 6.07) is 26.9. The number of rotatable bonds is 9. The number of carbonyl (C=O) groups excluding carboxylic acids is 1. The SMILES string of the molecule is COc1ccc(S(=O)(=O)Nc2ccc(OCc3ccccc3)cc2)cc1NC(=O)c1ccc(Cl)cc1. The zero-order chi connectivity index (χ0) is 25.5. The van der Waals surface area contributed by atoms with Gasteiger partial charge in [-0.2, -0.15) is 0 Å². The van der Waals surface area contributed by atoms with E-state index in [0.29, 0.717) is 34.4 Å². The highest BCUT2D eigenvalue weighted by atomic mass is 35.5. The Balaban J connectivity index is 1.47. The van der Waals surface area contributed by atoms with Crippen molar-refractivity contribution in [2.45, 2.75) is 11.5 Å². The molecule has 0 saturated carbocycles. The Morgan fingerprint density at radius 1 is 0.889 bits per heavy atom.